The van der Waals surface area contributed by atoms with Crippen LogP contribution in [0.25, 0.3) is 0 Å². The smallest absolute Gasteiger partial charge is 0.331 e. The molecule has 7 fully saturated rings. The van der Waals surface area contributed by atoms with E-state index in [1.165, 1.54) is 6.92 Å². The van der Waals surface area contributed by atoms with Crippen molar-refractivity contribution in [1.29, 1.82) is 0 Å². The van der Waals surface area contributed by atoms with E-state index in [1.54, 1.807) is 19.9 Å². The van der Waals surface area contributed by atoms with Crippen LogP contribution in [0.2, 0.25) is 0 Å². The maximum Gasteiger partial charge on any atom is 0.331 e. The van der Waals surface area contributed by atoms with Gasteiger partial charge in [-0.1, -0.05) is 13.8 Å². The Bertz CT molecular complexity index is 1520. The molecule has 0 bridgehead atoms. The van der Waals surface area contributed by atoms with Gasteiger partial charge in [-0.15, -0.1) is 0 Å². The number of carbonyl (C=O) groups is 2. The summed E-state index contributed by atoms with van der Waals surface area (Å²) in [6.45, 7) is 11.2. The lowest BCUT2D eigenvalue weighted by Gasteiger charge is -2.65. The predicted molar refractivity (Wildman–Crippen MR) is 202 cm³/mol. The minimum absolute atomic E-state index is 0.0551. The van der Waals surface area contributed by atoms with Crippen molar-refractivity contribution in [2.75, 3.05) is 6.61 Å². The lowest BCUT2D eigenvalue weighted by atomic mass is 9.42. The summed E-state index contributed by atoms with van der Waals surface area (Å²) in [5, 5.41) is 57.5. The summed E-state index contributed by atoms with van der Waals surface area (Å²) in [6, 6.07) is 0. The van der Waals surface area contributed by atoms with E-state index in [0.717, 1.165) is 44.1 Å². The molecule has 8 rings (SSSR count). The zero-order valence-corrected chi connectivity index (χ0v) is 34.8. The van der Waals surface area contributed by atoms with Gasteiger partial charge in [-0.2, -0.15) is 0 Å². The fourth-order valence-electron chi connectivity index (χ4n) is 13.1. The van der Waals surface area contributed by atoms with Gasteiger partial charge >= 0.3 is 11.9 Å². The Morgan fingerprint density at radius 1 is 0.724 bits per heavy atom. The molecule has 58 heavy (non-hydrogen) atoms. The predicted octanol–water partition coefficient (Wildman–Crippen LogP) is 2.79. The lowest BCUT2D eigenvalue weighted by Crippen LogP contribution is -2.67. The third-order valence-corrected chi connectivity index (χ3v) is 16.2. The Hall–Kier alpha value is -1.76. The van der Waals surface area contributed by atoms with Gasteiger partial charge in [-0.05, 0) is 107 Å². The molecule has 15 nitrogen and oxygen atoms in total. The number of cyclic esters (lactones) is 1. The van der Waals surface area contributed by atoms with Crippen molar-refractivity contribution in [3.05, 3.63) is 11.6 Å². The maximum absolute atomic E-state index is 12.6. The Balaban J connectivity index is 0.823. The topological polar surface area (TPSA) is 209 Å². The van der Waals surface area contributed by atoms with Gasteiger partial charge in [0.15, 0.2) is 25.0 Å². The summed E-state index contributed by atoms with van der Waals surface area (Å²) in [5.74, 6) is -0.339. The fourth-order valence-corrected chi connectivity index (χ4v) is 13.1. The molecule has 15 heteroatoms. The molecule has 0 spiro atoms. The van der Waals surface area contributed by atoms with E-state index in [4.69, 9.17) is 37.9 Å². The molecule has 5 N–H and O–H groups in total. The molecule has 0 amide bonds. The van der Waals surface area contributed by atoms with Crippen LogP contribution >= 0.6 is 0 Å². The van der Waals surface area contributed by atoms with Gasteiger partial charge < -0.3 is 63.4 Å². The van der Waals surface area contributed by atoms with Crippen molar-refractivity contribution >= 4 is 11.9 Å². The van der Waals surface area contributed by atoms with Crippen LogP contribution in [-0.2, 0) is 47.5 Å². The molecule has 4 aliphatic heterocycles. The van der Waals surface area contributed by atoms with Crippen molar-refractivity contribution in [3.8, 4) is 0 Å². The maximum atomic E-state index is 12.6. The first-order valence-corrected chi connectivity index (χ1v) is 21.8. The van der Waals surface area contributed by atoms with Gasteiger partial charge in [0.25, 0.3) is 0 Å². The number of esters is 2. The number of carbonyl (C=O) groups excluding carboxylic acids is 2. The molecule has 4 heterocycles. The summed E-state index contributed by atoms with van der Waals surface area (Å²) < 4.78 is 47.6. The van der Waals surface area contributed by atoms with Crippen molar-refractivity contribution in [2.24, 2.45) is 34.5 Å². The summed E-state index contributed by atoms with van der Waals surface area (Å²) in [7, 11) is 0. The molecule has 0 aromatic carbocycles. The first-order chi connectivity index (χ1) is 27.4. The van der Waals surface area contributed by atoms with Crippen LogP contribution in [0.5, 0.6) is 0 Å². The van der Waals surface area contributed by atoms with Crippen LogP contribution in [0, 0.1) is 34.5 Å². The number of aliphatic hydroxyl groups is 5. The minimum Gasteiger partial charge on any atom is -0.458 e. The van der Waals surface area contributed by atoms with E-state index in [-0.39, 0.29) is 61.1 Å². The van der Waals surface area contributed by atoms with Crippen LogP contribution in [-0.4, -0.2) is 136 Å². The molecular weight excluding hydrogens is 756 g/mol. The minimum atomic E-state index is -1.02. The Morgan fingerprint density at radius 2 is 1.29 bits per heavy atom. The zero-order valence-electron chi connectivity index (χ0n) is 34.8. The van der Waals surface area contributed by atoms with Crippen molar-refractivity contribution in [2.45, 2.75) is 204 Å². The first kappa shape index (κ1) is 42.9. The largest absolute Gasteiger partial charge is 0.458 e. The van der Waals surface area contributed by atoms with Gasteiger partial charge in [0, 0.05) is 37.7 Å². The van der Waals surface area contributed by atoms with E-state index in [0.29, 0.717) is 18.8 Å². The molecule has 21 atom stereocenters. The van der Waals surface area contributed by atoms with Crippen LogP contribution in [0.1, 0.15) is 112 Å². The molecular formula is C43H66O15. The summed E-state index contributed by atoms with van der Waals surface area (Å²) in [6.07, 6.45) is -1.64. The molecule has 8 aliphatic rings. The van der Waals surface area contributed by atoms with E-state index in [1.807, 2.05) is 13.8 Å². The van der Waals surface area contributed by atoms with Crippen molar-refractivity contribution in [1.82, 2.24) is 0 Å². The van der Waals surface area contributed by atoms with E-state index >= 15 is 0 Å². The van der Waals surface area contributed by atoms with Crippen LogP contribution in [0.15, 0.2) is 11.6 Å². The third kappa shape index (κ3) is 7.49. The normalized spacial score (nSPS) is 53.2. The number of rotatable bonds is 8. The molecule has 0 aromatic rings. The lowest BCUT2D eigenvalue weighted by molar-refractivity contribution is -0.336. The molecule has 4 saturated carbocycles. The Labute approximate surface area is 341 Å². The van der Waals surface area contributed by atoms with Crippen molar-refractivity contribution < 1.29 is 73.0 Å². The molecule has 3 saturated heterocycles. The number of fused-ring (bicyclic) bond motifs is 5. The quantitative estimate of drug-likeness (QED) is 0.176. The van der Waals surface area contributed by atoms with Gasteiger partial charge in [0.05, 0.1) is 54.4 Å². The number of aliphatic hydroxyl groups excluding tert-OH is 4. The molecule has 0 radical (unpaired) electrons. The standard InChI is InChI=1S/C43H66O15/c1-20-38(55-23(4)44)30(45)17-36(53-20)57-40-22(3)54-37(18-32(40)47)58-39-21(2)52-35(16-31(39)46)56-26-9-11-41(5)25(14-26)7-8-28-29(41)15-33(48)42(6)27(10-12-43(28,42)50)24-13-34(49)51-19-24/h13,20-22,25-33,35-40,45-48,50H,7-12,14-19H2,1-6H3/t20?,21?,22?,25-,26+,27-,28-,29+,30?,31?,32?,33-,35?,36?,37?,38?,39?,40?,41+,42+,43+/m0/s1. The Kier molecular flexibility index (Phi) is 12.0. The third-order valence-electron chi connectivity index (χ3n) is 16.2. The second-order valence-electron chi connectivity index (χ2n) is 19.4. The van der Waals surface area contributed by atoms with Gasteiger partial charge in [-0.3, -0.25) is 4.79 Å². The number of ether oxygens (including phenoxy) is 8. The summed E-state index contributed by atoms with van der Waals surface area (Å²) in [4.78, 5) is 23.4. The van der Waals surface area contributed by atoms with Gasteiger partial charge in [-0.25, -0.2) is 4.79 Å². The SMILES string of the molecule is CC(=O)OC1C(O)CC(OC2C(O)CC(OC3C(O)CC(O[C@@H]4CC[C@]5(C)[C@@H](CC[C@H]6[C@H]5C[C@H](O)[C@@]5(C)[C@H](C7=CC(=O)OC7)CC[C@@]65O)C4)OC3C)OC2C)OC1C. The van der Waals surface area contributed by atoms with E-state index < -0.39 is 96.9 Å². The molecule has 12 unspecified atom stereocenters. The highest BCUT2D eigenvalue weighted by atomic mass is 16.7. The summed E-state index contributed by atoms with van der Waals surface area (Å²) in [5.41, 5.74) is -0.916. The highest BCUT2D eigenvalue weighted by Gasteiger charge is 2.71. The molecule has 0 aromatic heterocycles. The molecule has 4 aliphatic carbocycles. The van der Waals surface area contributed by atoms with Crippen LogP contribution in [0.4, 0.5) is 0 Å². The highest BCUT2D eigenvalue weighted by molar-refractivity contribution is 5.85. The molecule has 328 valence electrons. The zero-order chi connectivity index (χ0) is 41.5. The average molecular weight is 823 g/mol. The summed E-state index contributed by atoms with van der Waals surface area (Å²) >= 11 is 0. The monoisotopic (exact) mass is 822 g/mol. The van der Waals surface area contributed by atoms with Gasteiger partial charge in [0.1, 0.15) is 18.8 Å². The van der Waals surface area contributed by atoms with E-state index in [2.05, 4.69) is 6.92 Å². The second kappa shape index (κ2) is 16.2. The fraction of sp³-hybridized carbons (Fsp3) is 0.907. The number of hydrogen-bond donors (Lipinski definition) is 5. The Morgan fingerprint density at radius 3 is 1.83 bits per heavy atom. The first-order valence-electron chi connectivity index (χ1n) is 21.8. The van der Waals surface area contributed by atoms with E-state index in [9.17, 15) is 35.1 Å². The number of hydrogen-bond acceptors (Lipinski definition) is 15. The average Bonchev–Trinajstić information content (AvgIpc) is 3.70. The van der Waals surface area contributed by atoms with Crippen LogP contribution < -0.4 is 0 Å². The van der Waals surface area contributed by atoms with Crippen molar-refractivity contribution in [3.63, 3.8) is 0 Å². The highest BCUT2D eigenvalue weighted by Crippen LogP contribution is 2.70. The van der Waals surface area contributed by atoms with Gasteiger partial charge in [0.2, 0.25) is 0 Å². The van der Waals surface area contributed by atoms with Crippen LogP contribution in [0.3, 0.4) is 0 Å². The second-order valence-corrected chi connectivity index (χ2v) is 19.4.